The van der Waals surface area contributed by atoms with Crippen molar-refractivity contribution >= 4 is 43.4 Å². The van der Waals surface area contributed by atoms with Crippen LogP contribution in [0.25, 0.3) is 76.9 Å². The van der Waals surface area contributed by atoms with E-state index in [1.807, 2.05) is 12.3 Å². The van der Waals surface area contributed by atoms with E-state index < -0.39 is 5.41 Å². The molecular weight excluding hydrogens is 641 g/mol. The fourth-order valence-corrected chi connectivity index (χ4v) is 9.07. The molecule has 0 fully saturated rings. The lowest BCUT2D eigenvalue weighted by molar-refractivity contribution is 0.769. The van der Waals surface area contributed by atoms with Crippen LogP contribution in [0.3, 0.4) is 0 Å². The molecule has 11 rings (SSSR count). The highest BCUT2D eigenvalue weighted by Crippen LogP contribution is 2.58. The van der Waals surface area contributed by atoms with Crippen molar-refractivity contribution in [3.8, 4) is 33.5 Å². The second-order valence-electron chi connectivity index (χ2n) is 14.1. The first-order valence-corrected chi connectivity index (χ1v) is 18.2. The molecule has 0 atom stereocenters. The highest BCUT2D eigenvalue weighted by Gasteiger charge is 2.46. The molecule has 0 amide bonds. The molecule has 0 N–H and O–H groups in total. The first-order chi connectivity index (χ1) is 26.3. The third kappa shape index (κ3) is 4.33. The van der Waals surface area contributed by atoms with Crippen LogP contribution in [0.5, 0.6) is 0 Å². The van der Waals surface area contributed by atoms with E-state index in [1.165, 1.54) is 66.1 Å². The van der Waals surface area contributed by atoms with Crippen LogP contribution in [0.1, 0.15) is 22.3 Å². The Hall–Kier alpha value is -6.90. The molecule has 0 spiro atoms. The average molecular weight is 673 g/mol. The zero-order chi connectivity index (χ0) is 34.9. The minimum absolute atomic E-state index is 0.433. The van der Waals surface area contributed by atoms with Gasteiger partial charge in [0.15, 0.2) is 0 Å². The van der Waals surface area contributed by atoms with Gasteiger partial charge < -0.3 is 0 Å². The quantitative estimate of drug-likeness (QED) is 0.174. The van der Waals surface area contributed by atoms with Gasteiger partial charge in [0.05, 0.1) is 22.1 Å². The summed E-state index contributed by atoms with van der Waals surface area (Å²) in [5.41, 5.74) is 13.7. The monoisotopic (exact) mass is 672 g/mol. The average Bonchev–Trinajstić information content (AvgIpc) is 3.55. The number of fused-ring (bicyclic) bond motifs is 10. The molecule has 0 radical (unpaired) electrons. The lowest BCUT2D eigenvalue weighted by Gasteiger charge is -2.34. The van der Waals surface area contributed by atoms with Crippen LogP contribution in [0, 0.1) is 0 Å². The Kier molecular flexibility index (Phi) is 6.50. The Morgan fingerprint density at radius 2 is 1.02 bits per heavy atom. The van der Waals surface area contributed by atoms with E-state index in [4.69, 9.17) is 4.98 Å². The van der Waals surface area contributed by atoms with Crippen molar-refractivity contribution in [2.75, 3.05) is 0 Å². The van der Waals surface area contributed by atoms with Gasteiger partial charge in [0, 0.05) is 22.5 Å². The Morgan fingerprint density at radius 3 is 1.79 bits per heavy atom. The molecule has 8 aromatic carbocycles. The van der Waals surface area contributed by atoms with Crippen LogP contribution >= 0.6 is 0 Å². The fraction of sp³-hybridized carbons (Fsp3) is 0.0196. The van der Waals surface area contributed by atoms with Crippen molar-refractivity contribution in [2.24, 2.45) is 0 Å². The summed E-state index contributed by atoms with van der Waals surface area (Å²) in [6.45, 7) is 0. The first-order valence-electron chi connectivity index (χ1n) is 18.2. The number of benzene rings is 8. The molecule has 2 heterocycles. The van der Waals surface area contributed by atoms with Gasteiger partial charge in [0.1, 0.15) is 0 Å². The smallest absolute Gasteiger partial charge is 0.0972 e. The Balaban J connectivity index is 1.11. The molecule has 0 bridgehead atoms. The maximum Gasteiger partial charge on any atom is 0.0972 e. The van der Waals surface area contributed by atoms with Crippen LogP contribution in [0.15, 0.2) is 194 Å². The summed E-state index contributed by atoms with van der Waals surface area (Å²) >= 11 is 0. The SMILES string of the molecule is c1ccc(C2(c3ccccc3)c3ccccc3-c3c2ccc2cc(-c4ccc(-c5ccc6ccc7cccnc7c6n5)cc4)c4ccccc4c32)cc1. The molecule has 2 nitrogen and oxygen atoms in total. The molecule has 53 heavy (non-hydrogen) atoms. The number of rotatable bonds is 4. The minimum Gasteiger partial charge on any atom is -0.254 e. The van der Waals surface area contributed by atoms with E-state index in [0.717, 1.165) is 33.1 Å². The maximum absolute atomic E-state index is 5.11. The van der Waals surface area contributed by atoms with Crippen LogP contribution < -0.4 is 0 Å². The molecular formula is C51H32N2. The molecule has 2 heteroatoms. The van der Waals surface area contributed by atoms with Crippen molar-refractivity contribution in [3.63, 3.8) is 0 Å². The second kappa shape index (κ2) is 11.6. The summed E-state index contributed by atoms with van der Waals surface area (Å²) in [7, 11) is 0. The number of hydrogen-bond acceptors (Lipinski definition) is 2. The summed E-state index contributed by atoms with van der Waals surface area (Å²) in [4.78, 5) is 9.77. The summed E-state index contributed by atoms with van der Waals surface area (Å²) in [6, 6.07) is 68.7. The standard InChI is InChI=1S/C51H32N2/c1-3-13-38(14-4-1)51(39-15-5-2-6-16-39)44-20-10-9-19-42(44)48-45(51)29-27-37-32-43(40-17-7-8-18-41(40)47(37)48)33-21-23-34(24-22-33)46-30-28-36-26-25-35-12-11-31-52-49(35)50(36)53-46/h1-32H. The number of nitrogens with zero attached hydrogens (tertiary/aromatic N) is 2. The third-order valence-electron chi connectivity index (χ3n) is 11.4. The van der Waals surface area contributed by atoms with Gasteiger partial charge in [-0.3, -0.25) is 4.98 Å². The maximum atomic E-state index is 5.11. The minimum atomic E-state index is -0.433. The first kappa shape index (κ1) is 29.8. The highest BCUT2D eigenvalue weighted by atomic mass is 14.7. The predicted octanol–water partition coefficient (Wildman–Crippen LogP) is 12.8. The Morgan fingerprint density at radius 1 is 0.396 bits per heavy atom. The molecule has 2 aromatic heterocycles. The van der Waals surface area contributed by atoms with Crippen molar-refractivity contribution in [1.82, 2.24) is 9.97 Å². The fourth-order valence-electron chi connectivity index (χ4n) is 9.07. The van der Waals surface area contributed by atoms with Crippen molar-refractivity contribution < 1.29 is 0 Å². The highest BCUT2D eigenvalue weighted by molar-refractivity contribution is 6.20. The van der Waals surface area contributed by atoms with Gasteiger partial charge in [0.25, 0.3) is 0 Å². The molecule has 246 valence electrons. The summed E-state index contributed by atoms with van der Waals surface area (Å²) in [6.07, 6.45) is 1.84. The van der Waals surface area contributed by atoms with E-state index in [0.29, 0.717) is 0 Å². The van der Waals surface area contributed by atoms with Gasteiger partial charge in [-0.25, -0.2) is 4.98 Å². The Bertz CT molecular complexity index is 3000. The van der Waals surface area contributed by atoms with Crippen LogP contribution in [0.4, 0.5) is 0 Å². The predicted molar refractivity (Wildman–Crippen MR) is 220 cm³/mol. The van der Waals surface area contributed by atoms with Crippen molar-refractivity contribution in [2.45, 2.75) is 5.41 Å². The number of pyridine rings is 2. The Labute approximate surface area is 307 Å². The third-order valence-corrected chi connectivity index (χ3v) is 11.4. The van der Waals surface area contributed by atoms with E-state index in [9.17, 15) is 0 Å². The summed E-state index contributed by atoms with van der Waals surface area (Å²) < 4.78 is 0. The van der Waals surface area contributed by atoms with Gasteiger partial charge in [0.2, 0.25) is 0 Å². The van der Waals surface area contributed by atoms with E-state index in [2.05, 4.69) is 187 Å². The molecule has 0 aliphatic heterocycles. The van der Waals surface area contributed by atoms with Gasteiger partial charge in [-0.05, 0) is 84.3 Å². The summed E-state index contributed by atoms with van der Waals surface area (Å²) in [5.74, 6) is 0. The van der Waals surface area contributed by atoms with Crippen LogP contribution in [0.2, 0.25) is 0 Å². The molecule has 0 saturated heterocycles. The second-order valence-corrected chi connectivity index (χ2v) is 14.1. The molecule has 1 aliphatic rings. The van der Waals surface area contributed by atoms with E-state index >= 15 is 0 Å². The lowest BCUT2D eigenvalue weighted by atomic mass is 9.67. The van der Waals surface area contributed by atoms with E-state index in [-0.39, 0.29) is 0 Å². The largest absolute Gasteiger partial charge is 0.254 e. The lowest BCUT2D eigenvalue weighted by Crippen LogP contribution is -2.28. The van der Waals surface area contributed by atoms with Gasteiger partial charge >= 0.3 is 0 Å². The number of aromatic nitrogens is 2. The molecule has 10 aromatic rings. The van der Waals surface area contributed by atoms with Gasteiger partial charge in [-0.15, -0.1) is 0 Å². The van der Waals surface area contributed by atoms with Gasteiger partial charge in [-0.2, -0.15) is 0 Å². The normalized spacial score (nSPS) is 13.1. The van der Waals surface area contributed by atoms with Gasteiger partial charge in [-0.1, -0.05) is 170 Å². The van der Waals surface area contributed by atoms with Crippen molar-refractivity contribution in [1.29, 1.82) is 0 Å². The van der Waals surface area contributed by atoms with E-state index in [1.54, 1.807) is 0 Å². The van der Waals surface area contributed by atoms with Crippen molar-refractivity contribution in [3.05, 3.63) is 217 Å². The number of hydrogen-bond donors (Lipinski definition) is 0. The topological polar surface area (TPSA) is 25.8 Å². The zero-order valence-corrected chi connectivity index (χ0v) is 28.9. The summed E-state index contributed by atoms with van der Waals surface area (Å²) in [5, 5.41) is 7.26. The molecule has 1 aliphatic carbocycles. The van der Waals surface area contributed by atoms with Crippen LogP contribution in [-0.4, -0.2) is 9.97 Å². The molecule has 0 saturated carbocycles. The van der Waals surface area contributed by atoms with Crippen LogP contribution in [-0.2, 0) is 5.41 Å². The molecule has 0 unspecified atom stereocenters. The zero-order valence-electron chi connectivity index (χ0n) is 28.9.